The summed E-state index contributed by atoms with van der Waals surface area (Å²) in [4.78, 5) is 0. The summed E-state index contributed by atoms with van der Waals surface area (Å²) in [5.74, 6) is 0. The standard InChI is InChI=1S/C24H19N/c25-21-14-7-13-20(17-21)24-22(18-9-3-1-4-10-18)15-8-16-23(24)19-11-5-2-6-12-19/h1-17H,25H2. The maximum atomic E-state index is 6.07. The van der Waals surface area contributed by atoms with Gasteiger partial charge in [-0.2, -0.15) is 0 Å². The Bertz CT molecular complexity index is 931. The maximum absolute atomic E-state index is 6.07. The van der Waals surface area contributed by atoms with Crippen molar-refractivity contribution in [2.24, 2.45) is 0 Å². The molecule has 0 saturated carbocycles. The van der Waals surface area contributed by atoms with Gasteiger partial charge in [0, 0.05) is 5.69 Å². The number of benzene rings is 4. The van der Waals surface area contributed by atoms with Crippen molar-refractivity contribution in [1.82, 2.24) is 0 Å². The van der Waals surface area contributed by atoms with Gasteiger partial charge in [0.05, 0.1) is 0 Å². The lowest BCUT2D eigenvalue weighted by Crippen LogP contribution is -1.92. The molecule has 25 heavy (non-hydrogen) atoms. The van der Waals surface area contributed by atoms with Crippen molar-refractivity contribution in [2.45, 2.75) is 0 Å². The third kappa shape index (κ3) is 3.05. The van der Waals surface area contributed by atoms with Crippen molar-refractivity contribution in [2.75, 3.05) is 5.73 Å². The number of hydrogen-bond acceptors (Lipinski definition) is 1. The molecule has 0 radical (unpaired) electrons. The predicted octanol–water partition coefficient (Wildman–Crippen LogP) is 6.27. The number of rotatable bonds is 3. The van der Waals surface area contributed by atoms with Crippen molar-refractivity contribution in [3.63, 3.8) is 0 Å². The summed E-state index contributed by atoms with van der Waals surface area (Å²) in [6, 6.07) is 35.6. The zero-order chi connectivity index (χ0) is 17.1. The Morgan fingerprint density at radius 1 is 0.440 bits per heavy atom. The van der Waals surface area contributed by atoms with Gasteiger partial charge in [0.25, 0.3) is 0 Å². The molecule has 0 saturated heterocycles. The molecule has 0 amide bonds. The van der Waals surface area contributed by atoms with Crippen LogP contribution in [0.1, 0.15) is 0 Å². The molecule has 120 valence electrons. The molecule has 4 rings (SSSR count). The number of nitrogens with two attached hydrogens (primary N) is 1. The third-order valence-corrected chi connectivity index (χ3v) is 4.41. The Kier molecular flexibility index (Phi) is 4.05. The van der Waals surface area contributed by atoms with Crippen LogP contribution in [0.2, 0.25) is 0 Å². The van der Waals surface area contributed by atoms with Crippen LogP contribution in [-0.2, 0) is 0 Å². The minimum absolute atomic E-state index is 0.777. The van der Waals surface area contributed by atoms with Crippen molar-refractivity contribution in [3.05, 3.63) is 103 Å². The molecule has 0 bridgehead atoms. The van der Waals surface area contributed by atoms with Crippen LogP contribution in [0, 0.1) is 0 Å². The molecule has 0 aliphatic rings. The molecule has 4 aromatic carbocycles. The fourth-order valence-electron chi connectivity index (χ4n) is 3.27. The number of nitrogen functional groups attached to an aromatic ring is 1. The van der Waals surface area contributed by atoms with E-state index in [9.17, 15) is 0 Å². The van der Waals surface area contributed by atoms with E-state index in [-0.39, 0.29) is 0 Å². The Morgan fingerprint density at radius 3 is 1.44 bits per heavy atom. The van der Waals surface area contributed by atoms with Crippen LogP contribution >= 0.6 is 0 Å². The second-order valence-corrected chi connectivity index (χ2v) is 6.09. The van der Waals surface area contributed by atoms with E-state index < -0.39 is 0 Å². The molecule has 0 aromatic heterocycles. The van der Waals surface area contributed by atoms with E-state index in [4.69, 9.17) is 5.73 Å². The Morgan fingerprint density at radius 2 is 0.920 bits per heavy atom. The summed E-state index contributed by atoms with van der Waals surface area (Å²) >= 11 is 0. The average molecular weight is 321 g/mol. The monoisotopic (exact) mass is 321 g/mol. The van der Waals surface area contributed by atoms with Gasteiger partial charge >= 0.3 is 0 Å². The van der Waals surface area contributed by atoms with Gasteiger partial charge in [-0.1, -0.05) is 91.0 Å². The smallest absolute Gasteiger partial charge is 0.0320 e. The summed E-state index contributed by atoms with van der Waals surface area (Å²) < 4.78 is 0. The summed E-state index contributed by atoms with van der Waals surface area (Å²) in [5, 5.41) is 0. The third-order valence-electron chi connectivity index (χ3n) is 4.41. The Labute approximate surface area is 148 Å². The van der Waals surface area contributed by atoms with Gasteiger partial charge in [-0.25, -0.2) is 0 Å². The van der Waals surface area contributed by atoms with E-state index in [0.717, 1.165) is 11.3 Å². The molecule has 4 aromatic rings. The maximum Gasteiger partial charge on any atom is 0.0320 e. The molecular weight excluding hydrogens is 302 g/mol. The topological polar surface area (TPSA) is 26.0 Å². The number of anilines is 1. The molecule has 0 aliphatic heterocycles. The lowest BCUT2D eigenvalue weighted by Gasteiger charge is -2.16. The second kappa shape index (κ2) is 6.66. The first-order chi connectivity index (χ1) is 12.3. The van der Waals surface area contributed by atoms with Gasteiger partial charge in [0.2, 0.25) is 0 Å². The highest BCUT2D eigenvalue weighted by Gasteiger charge is 2.13. The SMILES string of the molecule is Nc1cccc(-c2c(-c3ccccc3)cccc2-c2ccccc2)c1. The minimum atomic E-state index is 0.777. The second-order valence-electron chi connectivity index (χ2n) is 6.09. The van der Waals surface area contributed by atoms with Crippen molar-refractivity contribution in [3.8, 4) is 33.4 Å². The zero-order valence-electron chi connectivity index (χ0n) is 13.9. The van der Waals surface area contributed by atoms with Crippen molar-refractivity contribution in [1.29, 1.82) is 0 Å². The van der Waals surface area contributed by atoms with Crippen LogP contribution in [0.15, 0.2) is 103 Å². The number of hydrogen-bond donors (Lipinski definition) is 1. The minimum Gasteiger partial charge on any atom is -0.399 e. The molecule has 0 heterocycles. The first-order valence-electron chi connectivity index (χ1n) is 8.43. The molecular formula is C24H19N. The van der Waals surface area contributed by atoms with Crippen LogP contribution in [0.25, 0.3) is 33.4 Å². The molecule has 2 N–H and O–H groups in total. The van der Waals surface area contributed by atoms with Crippen LogP contribution in [-0.4, -0.2) is 0 Å². The van der Waals surface area contributed by atoms with Crippen molar-refractivity contribution < 1.29 is 0 Å². The summed E-state index contributed by atoms with van der Waals surface area (Å²) in [7, 11) is 0. The first kappa shape index (κ1) is 15.2. The Hall–Kier alpha value is -3.32. The van der Waals surface area contributed by atoms with E-state index in [2.05, 4.69) is 72.8 Å². The predicted molar refractivity (Wildman–Crippen MR) is 107 cm³/mol. The van der Waals surface area contributed by atoms with E-state index in [1.165, 1.54) is 27.8 Å². The summed E-state index contributed by atoms with van der Waals surface area (Å²) in [5.41, 5.74) is 14.0. The van der Waals surface area contributed by atoms with Crippen LogP contribution in [0.3, 0.4) is 0 Å². The average Bonchev–Trinajstić information content (AvgIpc) is 2.69. The lowest BCUT2D eigenvalue weighted by atomic mass is 9.87. The van der Waals surface area contributed by atoms with E-state index in [0.29, 0.717) is 0 Å². The molecule has 0 atom stereocenters. The van der Waals surface area contributed by atoms with Crippen LogP contribution in [0.4, 0.5) is 5.69 Å². The highest BCUT2D eigenvalue weighted by Crippen LogP contribution is 2.40. The van der Waals surface area contributed by atoms with Gasteiger partial charge < -0.3 is 5.73 Å². The molecule has 0 aliphatic carbocycles. The van der Waals surface area contributed by atoms with Gasteiger partial charge in [-0.3, -0.25) is 0 Å². The molecule has 0 unspecified atom stereocenters. The van der Waals surface area contributed by atoms with Gasteiger partial charge in [-0.05, 0) is 45.5 Å². The first-order valence-corrected chi connectivity index (χ1v) is 8.43. The largest absolute Gasteiger partial charge is 0.399 e. The Balaban J connectivity index is 2.03. The van der Waals surface area contributed by atoms with Crippen molar-refractivity contribution >= 4 is 5.69 Å². The van der Waals surface area contributed by atoms with Crippen LogP contribution < -0.4 is 5.73 Å². The van der Waals surface area contributed by atoms with E-state index in [1.54, 1.807) is 0 Å². The highest BCUT2D eigenvalue weighted by atomic mass is 14.5. The molecule has 1 heteroatoms. The summed E-state index contributed by atoms with van der Waals surface area (Å²) in [6.07, 6.45) is 0. The molecule has 1 nitrogen and oxygen atoms in total. The quantitative estimate of drug-likeness (QED) is 0.442. The van der Waals surface area contributed by atoms with Gasteiger partial charge in [0.15, 0.2) is 0 Å². The van der Waals surface area contributed by atoms with E-state index in [1.807, 2.05) is 30.3 Å². The highest BCUT2D eigenvalue weighted by molar-refractivity contribution is 5.94. The van der Waals surface area contributed by atoms with E-state index >= 15 is 0 Å². The fourth-order valence-corrected chi connectivity index (χ4v) is 3.27. The normalized spacial score (nSPS) is 10.6. The van der Waals surface area contributed by atoms with Gasteiger partial charge in [-0.15, -0.1) is 0 Å². The van der Waals surface area contributed by atoms with Gasteiger partial charge in [0.1, 0.15) is 0 Å². The molecule has 0 spiro atoms. The molecule has 0 fully saturated rings. The zero-order valence-corrected chi connectivity index (χ0v) is 13.9. The lowest BCUT2D eigenvalue weighted by molar-refractivity contribution is 1.56. The fraction of sp³-hybridized carbons (Fsp3) is 0. The van der Waals surface area contributed by atoms with Crippen LogP contribution in [0.5, 0.6) is 0 Å². The summed E-state index contributed by atoms with van der Waals surface area (Å²) in [6.45, 7) is 0.